The van der Waals surface area contributed by atoms with Gasteiger partial charge in [-0.1, -0.05) is 29.8 Å². The van der Waals surface area contributed by atoms with Gasteiger partial charge in [0.1, 0.15) is 5.82 Å². The van der Waals surface area contributed by atoms with Gasteiger partial charge in [0.2, 0.25) is 0 Å². The molecule has 0 radical (unpaired) electrons. The highest BCUT2D eigenvalue weighted by Crippen LogP contribution is 2.46. The lowest BCUT2D eigenvalue weighted by Crippen LogP contribution is -2.38. The third-order valence-electron chi connectivity index (χ3n) is 5.42. The predicted octanol–water partition coefficient (Wildman–Crippen LogP) is 4.55. The fourth-order valence-corrected chi connectivity index (χ4v) is 4.24. The van der Waals surface area contributed by atoms with Crippen LogP contribution in [0.5, 0.6) is 0 Å². The van der Waals surface area contributed by atoms with Gasteiger partial charge in [0.25, 0.3) is 5.69 Å². The van der Waals surface area contributed by atoms with Crippen LogP contribution in [0, 0.1) is 21.4 Å². The normalized spacial score (nSPS) is 18.9. The largest absolute Gasteiger partial charge is 0.384 e. The summed E-state index contributed by atoms with van der Waals surface area (Å²) < 4.78 is 0. The Labute approximate surface area is 177 Å². The van der Waals surface area contributed by atoms with Gasteiger partial charge in [0.15, 0.2) is 5.78 Å². The number of halogens is 1. The Bertz CT molecular complexity index is 1160. The predicted molar refractivity (Wildman–Crippen MR) is 112 cm³/mol. The summed E-state index contributed by atoms with van der Waals surface area (Å²) >= 11 is 6.02. The SMILES string of the molecule is N#CC1=C(N)N(c2cccc([N+](=O)[O-])c2)C2=C(C(=O)CCC2)[C@H]1c1ccc(Cl)cc1. The monoisotopic (exact) mass is 420 g/mol. The van der Waals surface area contributed by atoms with E-state index in [1.807, 2.05) is 0 Å². The fourth-order valence-electron chi connectivity index (χ4n) is 4.12. The number of nitriles is 1. The average molecular weight is 421 g/mol. The number of anilines is 1. The molecule has 0 saturated heterocycles. The Morgan fingerprint density at radius 3 is 2.60 bits per heavy atom. The Morgan fingerprint density at radius 1 is 1.20 bits per heavy atom. The summed E-state index contributed by atoms with van der Waals surface area (Å²) in [6.45, 7) is 0. The number of hydrogen-bond acceptors (Lipinski definition) is 6. The van der Waals surface area contributed by atoms with E-state index in [0.29, 0.717) is 41.2 Å². The van der Waals surface area contributed by atoms with E-state index in [9.17, 15) is 20.2 Å². The second-order valence-corrected chi connectivity index (χ2v) is 7.58. The van der Waals surface area contributed by atoms with Gasteiger partial charge >= 0.3 is 0 Å². The Morgan fingerprint density at radius 2 is 1.93 bits per heavy atom. The van der Waals surface area contributed by atoms with Gasteiger partial charge in [0, 0.05) is 34.8 Å². The van der Waals surface area contributed by atoms with Crippen molar-refractivity contribution in [3.05, 3.63) is 91.9 Å². The van der Waals surface area contributed by atoms with Crippen LogP contribution in [0.3, 0.4) is 0 Å². The van der Waals surface area contributed by atoms with Crippen LogP contribution in [0.15, 0.2) is 71.2 Å². The molecule has 1 atom stereocenters. The summed E-state index contributed by atoms with van der Waals surface area (Å²) in [6.07, 6.45) is 1.60. The van der Waals surface area contributed by atoms with Gasteiger partial charge in [-0.15, -0.1) is 0 Å². The van der Waals surface area contributed by atoms with E-state index in [4.69, 9.17) is 17.3 Å². The highest BCUT2D eigenvalue weighted by Gasteiger charge is 2.40. The van der Waals surface area contributed by atoms with Crippen molar-refractivity contribution in [1.29, 1.82) is 5.26 Å². The number of rotatable bonds is 3. The number of ketones is 1. The molecule has 7 nitrogen and oxygen atoms in total. The van der Waals surface area contributed by atoms with Crippen LogP contribution in [-0.2, 0) is 4.79 Å². The molecule has 0 amide bonds. The first kappa shape index (κ1) is 19.7. The minimum atomic E-state index is -0.593. The van der Waals surface area contributed by atoms with E-state index in [1.54, 1.807) is 41.3 Å². The lowest BCUT2D eigenvalue weighted by molar-refractivity contribution is -0.384. The minimum absolute atomic E-state index is 0.0492. The number of non-ortho nitro benzene ring substituents is 1. The molecule has 150 valence electrons. The number of benzene rings is 2. The van der Waals surface area contributed by atoms with Crippen molar-refractivity contribution in [2.45, 2.75) is 25.2 Å². The van der Waals surface area contributed by atoms with Crippen molar-refractivity contribution >= 4 is 28.8 Å². The molecule has 1 aliphatic heterocycles. The van der Waals surface area contributed by atoms with Crippen LogP contribution in [-0.4, -0.2) is 10.7 Å². The number of carbonyl (C=O) groups excluding carboxylic acids is 1. The molecule has 2 aliphatic rings. The quantitative estimate of drug-likeness (QED) is 0.575. The Hall–Kier alpha value is -3.63. The Balaban J connectivity index is 1.95. The van der Waals surface area contributed by atoms with Crippen LogP contribution in [0.4, 0.5) is 11.4 Å². The number of nitrogens with two attached hydrogens (primary N) is 1. The summed E-state index contributed by atoms with van der Waals surface area (Å²) in [5.74, 6) is -0.469. The molecule has 0 unspecified atom stereocenters. The molecule has 0 spiro atoms. The van der Waals surface area contributed by atoms with E-state index in [1.165, 1.54) is 12.1 Å². The number of nitrogens with zero attached hydrogens (tertiary/aromatic N) is 3. The number of nitro benzene ring substituents is 1. The van der Waals surface area contributed by atoms with E-state index >= 15 is 0 Å². The second kappa shape index (κ2) is 7.65. The summed E-state index contributed by atoms with van der Waals surface area (Å²) in [6, 6.07) is 15.2. The third kappa shape index (κ3) is 3.21. The lowest BCUT2D eigenvalue weighted by atomic mass is 9.75. The standard InChI is InChI=1S/C22H17ClN4O3/c23-14-9-7-13(8-10-14)20-17(12-24)22(25)26(18-5-2-6-19(28)21(18)20)15-3-1-4-16(11-15)27(29)30/h1,3-4,7-11,20H,2,5-6,25H2/t20-/m0/s1. The molecule has 2 aromatic rings. The Kier molecular flexibility index (Phi) is 5.02. The zero-order valence-corrected chi connectivity index (χ0v) is 16.6. The van der Waals surface area contributed by atoms with Gasteiger partial charge < -0.3 is 5.73 Å². The number of hydrogen-bond donors (Lipinski definition) is 1. The van der Waals surface area contributed by atoms with E-state index in [0.717, 1.165) is 5.56 Å². The molecule has 4 rings (SSSR count). The molecule has 1 aliphatic carbocycles. The molecule has 0 saturated carbocycles. The molecular formula is C22H17ClN4O3. The molecule has 0 bridgehead atoms. The second-order valence-electron chi connectivity index (χ2n) is 7.14. The zero-order chi connectivity index (χ0) is 21.4. The first-order valence-electron chi connectivity index (χ1n) is 9.38. The van der Waals surface area contributed by atoms with Gasteiger partial charge in [-0.3, -0.25) is 19.8 Å². The van der Waals surface area contributed by atoms with E-state index in [-0.39, 0.29) is 22.9 Å². The maximum absolute atomic E-state index is 13.0. The fraction of sp³-hybridized carbons (Fsp3) is 0.182. The maximum atomic E-state index is 13.0. The van der Waals surface area contributed by atoms with Gasteiger partial charge in [-0.2, -0.15) is 5.26 Å². The highest BCUT2D eigenvalue weighted by molar-refractivity contribution is 6.30. The summed E-state index contributed by atoms with van der Waals surface area (Å²) in [5.41, 5.74) is 8.98. The van der Waals surface area contributed by atoms with E-state index in [2.05, 4.69) is 6.07 Å². The molecule has 2 aromatic carbocycles. The van der Waals surface area contributed by atoms with Gasteiger partial charge in [-0.05, 0) is 36.6 Å². The van der Waals surface area contributed by atoms with Crippen molar-refractivity contribution in [1.82, 2.24) is 0 Å². The summed E-state index contributed by atoms with van der Waals surface area (Å²) in [5, 5.41) is 21.7. The van der Waals surface area contributed by atoms with Crippen LogP contribution < -0.4 is 10.6 Å². The van der Waals surface area contributed by atoms with Crippen LogP contribution in [0.25, 0.3) is 0 Å². The van der Waals surface area contributed by atoms with Crippen molar-refractivity contribution in [3.63, 3.8) is 0 Å². The molecule has 8 heteroatoms. The number of Topliss-reactive ketones (excluding diaryl/α,β-unsaturated/α-hetero) is 1. The summed E-state index contributed by atoms with van der Waals surface area (Å²) in [7, 11) is 0. The number of nitro groups is 1. The van der Waals surface area contributed by atoms with Crippen molar-refractivity contribution in [3.8, 4) is 6.07 Å². The smallest absolute Gasteiger partial charge is 0.271 e. The number of allylic oxidation sites excluding steroid dienone is 3. The first-order chi connectivity index (χ1) is 14.4. The van der Waals surface area contributed by atoms with Gasteiger partial charge in [-0.25, -0.2) is 0 Å². The van der Waals surface area contributed by atoms with Crippen molar-refractivity contribution < 1.29 is 9.72 Å². The van der Waals surface area contributed by atoms with Crippen LogP contribution >= 0.6 is 11.6 Å². The van der Waals surface area contributed by atoms with Crippen LogP contribution in [0.1, 0.15) is 30.7 Å². The number of carbonyl (C=O) groups is 1. The molecule has 2 N–H and O–H groups in total. The third-order valence-corrected chi connectivity index (χ3v) is 5.67. The molecule has 0 aromatic heterocycles. The van der Waals surface area contributed by atoms with E-state index < -0.39 is 10.8 Å². The molecule has 30 heavy (non-hydrogen) atoms. The minimum Gasteiger partial charge on any atom is -0.384 e. The molecule has 0 fully saturated rings. The lowest BCUT2D eigenvalue weighted by Gasteiger charge is -2.39. The first-order valence-corrected chi connectivity index (χ1v) is 9.76. The average Bonchev–Trinajstić information content (AvgIpc) is 2.74. The summed E-state index contributed by atoms with van der Waals surface area (Å²) in [4.78, 5) is 25.4. The van der Waals surface area contributed by atoms with Gasteiger partial charge in [0.05, 0.1) is 28.2 Å². The van der Waals surface area contributed by atoms with Crippen LogP contribution in [0.2, 0.25) is 5.02 Å². The topological polar surface area (TPSA) is 113 Å². The maximum Gasteiger partial charge on any atom is 0.271 e. The molecule has 1 heterocycles. The van der Waals surface area contributed by atoms with Crippen molar-refractivity contribution in [2.75, 3.05) is 4.90 Å². The zero-order valence-electron chi connectivity index (χ0n) is 15.8. The highest BCUT2D eigenvalue weighted by atomic mass is 35.5. The molecular weight excluding hydrogens is 404 g/mol. The van der Waals surface area contributed by atoms with Crippen molar-refractivity contribution in [2.24, 2.45) is 5.73 Å².